The maximum atomic E-state index is 12.6. The van der Waals surface area contributed by atoms with E-state index in [9.17, 15) is 4.79 Å². The van der Waals surface area contributed by atoms with Crippen molar-refractivity contribution >= 4 is 42.8 Å². The third-order valence-electron chi connectivity index (χ3n) is 7.20. The number of rotatable bonds is 22. The first-order valence-corrected chi connectivity index (χ1v) is 26.6. The van der Waals surface area contributed by atoms with Crippen molar-refractivity contribution in [2.45, 2.75) is 136 Å². The van der Waals surface area contributed by atoms with Gasteiger partial charge in [-0.2, -0.15) is 0 Å². The molecule has 0 atom stereocenters. The molecule has 0 N–H and O–H groups in total. The standard InChI is InChI=1S/C35H59ClO5Si3/c1-9-10-20-30-21-23-31(24-22-30)39-35(37)33-26-25-32(29-34(33)36)38-27-18-16-14-12-11-13-15-17-19-28-44(8,40-42(2,3)4)41-43(5,6)7/h21-26,29H,9-20,27-28H2,1-8H3. The van der Waals surface area contributed by atoms with E-state index in [1.807, 2.05) is 24.3 Å². The van der Waals surface area contributed by atoms with E-state index in [0.29, 0.717) is 28.7 Å². The summed E-state index contributed by atoms with van der Waals surface area (Å²) < 4.78 is 24.7. The summed E-state index contributed by atoms with van der Waals surface area (Å²) in [7, 11) is -5.31. The van der Waals surface area contributed by atoms with Crippen molar-refractivity contribution in [1.82, 2.24) is 0 Å². The van der Waals surface area contributed by atoms with Gasteiger partial charge in [0.1, 0.15) is 11.5 Å². The van der Waals surface area contributed by atoms with Gasteiger partial charge in [-0.05, 0) is 107 Å². The number of esters is 1. The maximum Gasteiger partial charge on any atom is 0.345 e. The van der Waals surface area contributed by atoms with Gasteiger partial charge in [0.15, 0.2) is 16.6 Å². The molecule has 0 spiro atoms. The van der Waals surface area contributed by atoms with Crippen LogP contribution in [0, 0.1) is 0 Å². The molecule has 9 heteroatoms. The number of carbonyl (C=O) groups is 1. The summed E-state index contributed by atoms with van der Waals surface area (Å²) in [6.45, 7) is 18.8. The molecule has 2 aromatic carbocycles. The molecule has 0 aliphatic heterocycles. The Kier molecular flexibility index (Phi) is 17.0. The van der Waals surface area contributed by atoms with Crippen LogP contribution in [0.15, 0.2) is 42.5 Å². The number of hydrogen-bond donors (Lipinski definition) is 0. The smallest absolute Gasteiger partial charge is 0.345 e. The SMILES string of the molecule is CCCCc1ccc(OC(=O)c2ccc(OCCCCCCCCCCC[Si](C)(O[Si](C)(C)C)O[Si](C)(C)C)cc2Cl)cc1. The zero-order valence-electron chi connectivity index (χ0n) is 28.9. The van der Waals surface area contributed by atoms with Crippen LogP contribution in [0.25, 0.3) is 0 Å². The minimum Gasteiger partial charge on any atom is -0.494 e. The van der Waals surface area contributed by atoms with Crippen LogP contribution in [-0.2, 0) is 14.7 Å². The van der Waals surface area contributed by atoms with E-state index in [1.165, 1.54) is 50.5 Å². The number of unbranched alkanes of at least 4 members (excludes halogenated alkanes) is 9. The van der Waals surface area contributed by atoms with Crippen LogP contribution in [0.3, 0.4) is 0 Å². The Morgan fingerprint density at radius 2 is 1.20 bits per heavy atom. The fourth-order valence-corrected chi connectivity index (χ4v) is 18.3. The minimum absolute atomic E-state index is 0.338. The predicted molar refractivity (Wildman–Crippen MR) is 194 cm³/mol. The number of halogens is 1. The van der Waals surface area contributed by atoms with E-state index in [2.05, 4.69) is 52.8 Å². The summed E-state index contributed by atoms with van der Waals surface area (Å²) in [4.78, 5) is 12.6. The lowest BCUT2D eigenvalue weighted by molar-refractivity contribution is 0.0735. The second kappa shape index (κ2) is 19.3. The third-order valence-corrected chi connectivity index (χ3v) is 17.1. The van der Waals surface area contributed by atoms with Gasteiger partial charge in [-0.15, -0.1) is 0 Å². The maximum absolute atomic E-state index is 12.6. The van der Waals surface area contributed by atoms with E-state index in [-0.39, 0.29) is 0 Å². The molecule has 0 aliphatic rings. The van der Waals surface area contributed by atoms with Crippen LogP contribution in [0.4, 0.5) is 0 Å². The van der Waals surface area contributed by atoms with E-state index >= 15 is 0 Å². The van der Waals surface area contributed by atoms with Gasteiger partial charge in [-0.25, -0.2) is 4.79 Å². The highest BCUT2D eigenvalue weighted by Crippen LogP contribution is 2.27. The number of benzene rings is 2. The molecule has 0 bridgehead atoms. The molecular weight excluding hydrogens is 620 g/mol. The highest BCUT2D eigenvalue weighted by Gasteiger charge is 2.39. The van der Waals surface area contributed by atoms with E-state index in [4.69, 9.17) is 29.3 Å². The lowest BCUT2D eigenvalue weighted by Crippen LogP contribution is -2.52. The summed E-state index contributed by atoms with van der Waals surface area (Å²) in [6.07, 6.45) is 14.4. The van der Waals surface area contributed by atoms with E-state index in [0.717, 1.165) is 38.1 Å². The normalized spacial score (nSPS) is 12.4. The predicted octanol–water partition coefficient (Wildman–Crippen LogP) is 11.6. The van der Waals surface area contributed by atoms with Gasteiger partial charge < -0.3 is 17.7 Å². The molecule has 0 aliphatic carbocycles. The van der Waals surface area contributed by atoms with Gasteiger partial charge in [0.2, 0.25) is 0 Å². The van der Waals surface area contributed by atoms with Crippen LogP contribution in [0.1, 0.15) is 93.5 Å². The van der Waals surface area contributed by atoms with Gasteiger partial charge in [-0.3, -0.25) is 0 Å². The van der Waals surface area contributed by atoms with Crippen molar-refractivity contribution in [3.05, 3.63) is 58.6 Å². The Bertz CT molecular complexity index is 1100. The second-order valence-electron chi connectivity index (χ2n) is 14.1. The number of hydrogen-bond acceptors (Lipinski definition) is 5. The van der Waals surface area contributed by atoms with Crippen molar-refractivity contribution < 1.29 is 22.5 Å². The zero-order chi connectivity index (χ0) is 32.6. The average Bonchev–Trinajstić information content (AvgIpc) is 2.91. The summed E-state index contributed by atoms with van der Waals surface area (Å²) >= 11 is 6.40. The van der Waals surface area contributed by atoms with Gasteiger partial charge in [0.25, 0.3) is 0 Å². The molecule has 0 saturated carbocycles. The fraction of sp³-hybridized carbons (Fsp3) is 0.629. The lowest BCUT2D eigenvalue weighted by atomic mass is 10.1. The van der Waals surface area contributed by atoms with Crippen molar-refractivity contribution in [2.75, 3.05) is 6.61 Å². The molecule has 0 saturated heterocycles. The first-order chi connectivity index (χ1) is 20.7. The van der Waals surface area contributed by atoms with Crippen molar-refractivity contribution in [3.8, 4) is 11.5 Å². The fourth-order valence-electron chi connectivity index (χ4n) is 5.41. The summed E-state index contributed by atoms with van der Waals surface area (Å²) in [5.74, 6) is 0.735. The van der Waals surface area contributed by atoms with E-state index in [1.54, 1.807) is 18.2 Å². The van der Waals surface area contributed by atoms with Crippen molar-refractivity contribution in [3.63, 3.8) is 0 Å². The molecule has 5 nitrogen and oxygen atoms in total. The van der Waals surface area contributed by atoms with E-state index < -0.39 is 31.2 Å². The summed E-state index contributed by atoms with van der Waals surface area (Å²) in [6, 6.07) is 14.0. The first-order valence-electron chi connectivity index (χ1n) is 16.8. The molecule has 248 valence electrons. The van der Waals surface area contributed by atoms with Crippen LogP contribution in [-0.4, -0.2) is 37.8 Å². The monoisotopic (exact) mass is 678 g/mol. The molecule has 2 rings (SSSR count). The topological polar surface area (TPSA) is 54.0 Å². The molecule has 0 amide bonds. The van der Waals surface area contributed by atoms with Crippen LogP contribution >= 0.6 is 11.6 Å². The lowest BCUT2D eigenvalue weighted by Gasteiger charge is -2.38. The zero-order valence-corrected chi connectivity index (χ0v) is 32.6. The molecule has 0 heterocycles. The highest BCUT2D eigenvalue weighted by atomic mass is 35.5. The summed E-state index contributed by atoms with van der Waals surface area (Å²) in [5.41, 5.74) is 1.58. The molecular formula is C35H59ClO5Si3. The Morgan fingerprint density at radius 3 is 1.73 bits per heavy atom. The minimum atomic E-state index is -2.09. The van der Waals surface area contributed by atoms with Gasteiger partial charge in [-0.1, -0.05) is 88.4 Å². The Balaban J connectivity index is 1.58. The van der Waals surface area contributed by atoms with Gasteiger partial charge in [0, 0.05) is 0 Å². The Labute approximate surface area is 276 Å². The molecule has 0 fully saturated rings. The molecule has 2 aromatic rings. The molecule has 44 heavy (non-hydrogen) atoms. The van der Waals surface area contributed by atoms with Crippen LogP contribution in [0.2, 0.25) is 56.9 Å². The Hall–Kier alpha value is -1.43. The largest absolute Gasteiger partial charge is 0.494 e. The summed E-state index contributed by atoms with van der Waals surface area (Å²) in [5, 5.41) is 0.339. The number of carbonyl (C=O) groups excluding carboxylic acids is 1. The second-order valence-corrected chi connectivity index (χ2v) is 27.4. The number of aryl methyl sites for hydroxylation is 1. The van der Waals surface area contributed by atoms with Gasteiger partial charge in [0.05, 0.1) is 17.2 Å². The molecule has 0 unspecified atom stereocenters. The van der Waals surface area contributed by atoms with Crippen LogP contribution < -0.4 is 9.47 Å². The molecule has 0 radical (unpaired) electrons. The van der Waals surface area contributed by atoms with Crippen molar-refractivity contribution in [2.24, 2.45) is 0 Å². The van der Waals surface area contributed by atoms with Gasteiger partial charge >= 0.3 is 14.5 Å². The average molecular weight is 680 g/mol. The Morgan fingerprint density at radius 1 is 0.682 bits per heavy atom. The van der Waals surface area contributed by atoms with Crippen molar-refractivity contribution in [1.29, 1.82) is 0 Å². The first kappa shape index (κ1) is 38.8. The third kappa shape index (κ3) is 16.8. The quantitative estimate of drug-likeness (QED) is 0.0537. The number of ether oxygens (including phenoxy) is 2. The van der Waals surface area contributed by atoms with Crippen LogP contribution in [0.5, 0.6) is 11.5 Å². The molecule has 0 aromatic heterocycles. The highest BCUT2D eigenvalue weighted by molar-refractivity contribution is 6.87.